The van der Waals surface area contributed by atoms with Crippen LogP contribution in [0.1, 0.15) is 46.9 Å². The number of nitrogens with one attached hydrogen (secondary N) is 1. The summed E-state index contributed by atoms with van der Waals surface area (Å²) in [4.78, 5) is 12.4. The number of aryl methyl sites for hydroxylation is 1. The van der Waals surface area contributed by atoms with Gasteiger partial charge in [0.15, 0.2) is 0 Å². The van der Waals surface area contributed by atoms with Gasteiger partial charge in [0, 0.05) is 13.6 Å². The van der Waals surface area contributed by atoms with Crippen molar-refractivity contribution < 1.29 is 9.90 Å². The van der Waals surface area contributed by atoms with Gasteiger partial charge in [-0.25, -0.2) is 0 Å². The number of carbonyl (C=O) groups is 1. The Balaban J connectivity index is 1.99. The first kappa shape index (κ1) is 17.5. The zero-order valence-corrected chi connectivity index (χ0v) is 14.4. The van der Waals surface area contributed by atoms with Crippen LogP contribution in [0.15, 0.2) is 24.3 Å². The number of nitrogens with zero attached hydrogens (tertiary/aromatic N) is 2. The molecule has 5 nitrogen and oxygen atoms in total. The summed E-state index contributed by atoms with van der Waals surface area (Å²) in [6.07, 6.45) is 0.715. The molecule has 23 heavy (non-hydrogen) atoms. The van der Waals surface area contributed by atoms with Crippen LogP contribution >= 0.6 is 11.6 Å². The summed E-state index contributed by atoms with van der Waals surface area (Å²) in [5.74, 6) is -0.0701. The molecular formula is C17H22ClN3O2. The number of hydrogen-bond donors (Lipinski definition) is 2. The van der Waals surface area contributed by atoms with Crippen molar-refractivity contribution in [1.29, 1.82) is 0 Å². The molecule has 0 fully saturated rings. The normalized spacial score (nSPS) is 11.0. The number of aliphatic hydroxyl groups excluding tert-OH is 1. The van der Waals surface area contributed by atoms with Crippen LogP contribution in [0.4, 0.5) is 0 Å². The van der Waals surface area contributed by atoms with Gasteiger partial charge in [0.25, 0.3) is 5.91 Å². The van der Waals surface area contributed by atoms with Gasteiger partial charge >= 0.3 is 0 Å². The Hall–Kier alpha value is -1.85. The second-order valence-electron chi connectivity index (χ2n) is 5.81. The lowest BCUT2D eigenvalue weighted by atomic mass is 10.1. The van der Waals surface area contributed by atoms with Crippen molar-refractivity contribution >= 4 is 17.5 Å². The molecule has 6 heteroatoms. The average molecular weight is 336 g/mol. The van der Waals surface area contributed by atoms with Gasteiger partial charge in [0.2, 0.25) is 0 Å². The first-order valence-electron chi connectivity index (χ1n) is 7.63. The van der Waals surface area contributed by atoms with Crippen molar-refractivity contribution in [1.82, 2.24) is 15.1 Å². The Morgan fingerprint density at radius 2 is 1.91 bits per heavy atom. The number of aromatic nitrogens is 2. The minimum Gasteiger partial charge on any atom is -0.392 e. The lowest BCUT2D eigenvalue weighted by molar-refractivity contribution is 0.0953. The highest BCUT2D eigenvalue weighted by atomic mass is 35.5. The van der Waals surface area contributed by atoms with Crippen molar-refractivity contribution in [3.63, 3.8) is 0 Å². The molecular weight excluding hydrogens is 314 g/mol. The molecule has 0 spiro atoms. The molecule has 0 saturated carbocycles. The summed E-state index contributed by atoms with van der Waals surface area (Å²) >= 11 is 6.20. The van der Waals surface area contributed by atoms with Crippen LogP contribution in [0.3, 0.4) is 0 Å². The number of amides is 1. The summed E-state index contributed by atoms with van der Waals surface area (Å²) in [6, 6.07) is 7.67. The molecule has 2 aromatic rings. The van der Waals surface area contributed by atoms with Gasteiger partial charge in [-0.1, -0.05) is 49.7 Å². The molecule has 1 aromatic heterocycles. The Bertz CT molecular complexity index is 678. The van der Waals surface area contributed by atoms with Crippen molar-refractivity contribution in [3.8, 4) is 0 Å². The molecule has 2 rings (SSSR count). The van der Waals surface area contributed by atoms with Crippen LogP contribution in [0.2, 0.25) is 5.15 Å². The second-order valence-corrected chi connectivity index (χ2v) is 6.17. The Labute approximate surface area is 141 Å². The number of aliphatic hydroxyl groups is 1. The molecule has 0 bridgehead atoms. The number of hydrogen-bond acceptors (Lipinski definition) is 3. The highest BCUT2D eigenvalue weighted by Crippen LogP contribution is 2.25. The van der Waals surface area contributed by atoms with Gasteiger partial charge in [0.05, 0.1) is 17.9 Å². The molecule has 124 valence electrons. The predicted molar refractivity (Wildman–Crippen MR) is 90.7 cm³/mol. The number of benzene rings is 1. The van der Waals surface area contributed by atoms with Crippen LogP contribution in [-0.4, -0.2) is 27.3 Å². The molecule has 0 atom stereocenters. The Kier molecular flexibility index (Phi) is 5.80. The molecule has 0 radical (unpaired) electrons. The van der Waals surface area contributed by atoms with E-state index in [2.05, 4.69) is 10.4 Å². The van der Waals surface area contributed by atoms with Crippen molar-refractivity contribution in [3.05, 3.63) is 51.8 Å². The maximum Gasteiger partial charge on any atom is 0.256 e. The molecule has 0 unspecified atom stereocenters. The third kappa shape index (κ3) is 4.12. The van der Waals surface area contributed by atoms with Crippen LogP contribution in [0.5, 0.6) is 0 Å². The topological polar surface area (TPSA) is 67.2 Å². The smallest absolute Gasteiger partial charge is 0.256 e. The minimum absolute atomic E-state index is 0.0362. The number of halogens is 1. The van der Waals surface area contributed by atoms with E-state index in [1.807, 2.05) is 38.1 Å². The van der Waals surface area contributed by atoms with Gasteiger partial charge in [0.1, 0.15) is 5.15 Å². The van der Waals surface area contributed by atoms with E-state index in [0.717, 1.165) is 11.1 Å². The quantitative estimate of drug-likeness (QED) is 0.852. The standard InChI is InChI=1S/C17H22ClN3O2/c1-11(2)15-14(16(18)21(3)20-15)17(23)19-9-8-12-4-6-13(10-22)7-5-12/h4-7,11,22H,8-10H2,1-3H3,(H,19,23). The highest BCUT2D eigenvalue weighted by molar-refractivity contribution is 6.33. The van der Waals surface area contributed by atoms with E-state index in [4.69, 9.17) is 16.7 Å². The monoisotopic (exact) mass is 335 g/mol. The van der Waals surface area contributed by atoms with Crippen molar-refractivity contribution in [2.24, 2.45) is 7.05 Å². The van der Waals surface area contributed by atoms with Crippen LogP contribution in [-0.2, 0) is 20.1 Å². The fourth-order valence-corrected chi connectivity index (χ4v) is 2.58. The molecule has 0 aliphatic rings. The zero-order chi connectivity index (χ0) is 17.0. The SMILES string of the molecule is CC(C)c1nn(C)c(Cl)c1C(=O)NCCc1ccc(CO)cc1. The first-order valence-corrected chi connectivity index (χ1v) is 8.01. The molecule has 1 aromatic carbocycles. The van der Waals surface area contributed by atoms with Gasteiger partial charge in [-0.05, 0) is 23.5 Å². The largest absolute Gasteiger partial charge is 0.392 e. The fraction of sp³-hybridized carbons (Fsp3) is 0.412. The van der Waals surface area contributed by atoms with Gasteiger partial charge in [-0.15, -0.1) is 0 Å². The van der Waals surface area contributed by atoms with E-state index in [9.17, 15) is 4.79 Å². The van der Waals surface area contributed by atoms with Crippen LogP contribution in [0, 0.1) is 0 Å². The van der Waals surface area contributed by atoms with Crippen molar-refractivity contribution in [2.75, 3.05) is 6.54 Å². The van der Waals surface area contributed by atoms with E-state index in [1.165, 1.54) is 4.68 Å². The maximum atomic E-state index is 12.4. The summed E-state index contributed by atoms with van der Waals surface area (Å²) < 4.78 is 1.53. The van der Waals surface area contributed by atoms with Crippen LogP contribution < -0.4 is 5.32 Å². The fourth-order valence-electron chi connectivity index (χ4n) is 2.36. The minimum atomic E-state index is -0.196. The lowest BCUT2D eigenvalue weighted by Gasteiger charge is -2.08. The van der Waals surface area contributed by atoms with Crippen LogP contribution in [0.25, 0.3) is 0 Å². The average Bonchev–Trinajstić information content (AvgIpc) is 2.84. The van der Waals surface area contributed by atoms with E-state index < -0.39 is 0 Å². The van der Waals surface area contributed by atoms with Gasteiger partial charge in [-0.3, -0.25) is 9.48 Å². The summed E-state index contributed by atoms with van der Waals surface area (Å²) in [5, 5.41) is 16.6. The summed E-state index contributed by atoms with van der Waals surface area (Å²) in [7, 11) is 1.73. The molecule has 2 N–H and O–H groups in total. The molecule has 0 aliphatic carbocycles. The second kappa shape index (κ2) is 7.62. The zero-order valence-electron chi connectivity index (χ0n) is 13.6. The number of rotatable bonds is 6. The predicted octanol–water partition coefficient (Wildman–Crippen LogP) is 2.66. The molecule has 0 aliphatic heterocycles. The maximum absolute atomic E-state index is 12.4. The third-order valence-corrected chi connectivity index (χ3v) is 4.12. The molecule has 1 heterocycles. The van der Waals surface area contributed by atoms with Gasteiger partial charge < -0.3 is 10.4 Å². The molecule has 1 amide bonds. The summed E-state index contributed by atoms with van der Waals surface area (Å²) in [6.45, 7) is 4.52. The van der Waals surface area contributed by atoms with E-state index in [-0.39, 0.29) is 18.4 Å². The Morgan fingerprint density at radius 3 is 2.48 bits per heavy atom. The van der Waals surface area contributed by atoms with E-state index >= 15 is 0 Å². The van der Waals surface area contributed by atoms with Gasteiger partial charge in [-0.2, -0.15) is 5.10 Å². The summed E-state index contributed by atoms with van der Waals surface area (Å²) in [5.41, 5.74) is 3.15. The lowest BCUT2D eigenvalue weighted by Crippen LogP contribution is -2.26. The number of carbonyl (C=O) groups excluding carboxylic acids is 1. The first-order chi connectivity index (χ1) is 10.9. The van der Waals surface area contributed by atoms with Crippen molar-refractivity contribution in [2.45, 2.75) is 32.8 Å². The Morgan fingerprint density at radius 1 is 1.30 bits per heavy atom. The molecule has 0 saturated heterocycles. The highest BCUT2D eigenvalue weighted by Gasteiger charge is 2.22. The van der Waals surface area contributed by atoms with E-state index in [0.29, 0.717) is 29.4 Å². The third-order valence-electron chi connectivity index (χ3n) is 3.68. The van der Waals surface area contributed by atoms with E-state index in [1.54, 1.807) is 7.05 Å².